The largest absolute Gasteiger partial charge is 0.373 e. The van der Waals surface area contributed by atoms with Gasteiger partial charge in [0.15, 0.2) is 0 Å². The van der Waals surface area contributed by atoms with Crippen LogP contribution < -0.4 is 0 Å². The first kappa shape index (κ1) is 15.1. The molecule has 0 saturated carbocycles. The zero-order chi connectivity index (χ0) is 10.9. The molecule has 0 aliphatic carbocycles. The van der Waals surface area contributed by atoms with E-state index in [-0.39, 0.29) is 6.15 Å². The maximum Gasteiger partial charge on any atom is 0.373 e. The first-order chi connectivity index (χ1) is 5.93. The summed E-state index contributed by atoms with van der Waals surface area (Å²) in [7, 11) is -1.75. The molecule has 2 atom stereocenters. The topological polar surface area (TPSA) is 51.2 Å². The van der Waals surface area contributed by atoms with E-state index in [1.807, 2.05) is 13.6 Å². The number of hydrogen-bond donors (Lipinski definition) is 0. The van der Waals surface area contributed by atoms with Crippen LogP contribution in [0.1, 0.15) is 27.2 Å². The summed E-state index contributed by atoms with van der Waals surface area (Å²) in [5.41, 5.74) is 0. The molecule has 0 aromatic rings. The lowest BCUT2D eigenvalue weighted by molar-refractivity contribution is -0.191. The van der Waals surface area contributed by atoms with Gasteiger partial charge < -0.3 is 4.57 Å². The van der Waals surface area contributed by atoms with Gasteiger partial charge in [-0.2, -0.15) is 9.59 Å². The highest BCUT2D eigenvalue weighted by molar-refractivity contribution is 7.63. The van der Waals surface area contributed by atoms with Crippen LogP contribution in [0.15, 0.2) is 0 Å². The fraction of sp³-hybridized carbons (Fsp3) is 0.889. The van der Waals surface area contributed by atoms with Crippen molar-refractivity contribution in [3.63, 3.8) is 0 Å². The van der Waals surface area contributed by atoms with Crippen LogP contribution in [0.25, 0.3) is 0 Å². The zero-order valence-electron chi connectivity index (χ0n) is 8.87. The number of hydrogen-bond acceptors (Lipinski definition) is 3. The van der Waals surface area contributed by atoms with Gasteiger partial charge in [-0.15, -0.1) is 0 Å². The van der Waals surface area contributed by atoms with Crippen LogP contribution in [0.5, 0.6) is 0 Å². The number of rotatable bonds is 4. The van der Waals surface area contributed by atoms with Gasteiger partial charge in [-0.3, -0.25) is 0 Å². The summed E-state index contributed by atoms with van der Waals surface area (Å²) in [5.74, 6) is 0.635. The summed E-state index contributed by atoms with van der Waals surface area (Å²) in [6.07, 6.45) is 3.19. The van der Waals surface area contributed by atoms with Crippen molar-refractivity contribution < 1.29 is 14.2 Å². The standard InChI is InChI=1S/C8H19OP.CO2/c1-5-8(3)7-10(4,9)6-2;2-1-3/h8H,5-7H2,1-4H3;. The van der Waals surface area contributed by atoms with Gasteiger partial charge in [0.25, 0.3) is 0 Å². The molecule has 0 aromatic heterocycles. The Morgan fingerprint density at radius 2 is 1.69 bits per heavy atom. The van der Waals surface area contributed by atoms with Crippen LogP contribution in [-0.2, 0) is 14.2 Å². The Balaban J connectivity index is 0. The van der Waals surface area contributed by atoms with E-state index < -0.39 is 7.14 Å². The molecule has 3 nitrogen and oxygen atoms in total. The van der Waals surface area contributed by atoms with Gasteiger partial charge in [-0.05, 0) is 18.7 Å². The summed E-state index contributed by atoms with van der Waals surface area (Å²) in [6.45, 7) is 8.26. The van der Waals surface area contributed by atoms with Crippen molar-refractivity contribution in [1.29, 1.82) is 0 Å². The lowest BCUT2D eigenvalue weighted by atomic mass is 10.2. The quantitative estimate of drug-likeness (QED) is 0.664. The molecule has 0 radical (unpaired) electrons. The smallest absolute Gasteiger partial charge is 0.324 e. The van der Waals surface area contributed by atoms with E-state index in [0.717, 1.165) is 18.7 Å². The van der Waals surface area contributed by atoms with E-state index in [2.05, 4.69) is 13.8 Å². The van der Waals surface area contributed by atoms with Crippen LogP contribution in [0, 0.1) is 5.92 Å². The average molecular weight is 206 g/mol. The first-order valence-corrected chi connectivity index (χ1v) is 7.00. The summed E-state index contributed by atoms with van der Waals surface area (Å²) in [4.78, 5) is 16.2. The third kappa shape index (κ3) is 11.6. The normalized spacial score (nSPS) is 16.0. The second-order valence-corrected chi connectivity index (χ2v) is 6.98. The molecule has 4 heteroatoms. The van der Waals surface area contributed by atoms with Crippen molar-refractivity contribution in [2.45, 2.75) is 27.2 Å². The van der Waals surface area contributed by atoms with Gasteiger partial charge in [-0.25, -0.2) is 0 Å². The lowest BCUT2D eigenvalue weighted by Gasteiger charge is -2.14. The molecule has 0 bridgehead atoms. The highest BCUT2D eigenvalue weighted by Gasteiger charge is 2.14. The maximum absolute atomic E-state index is 11.6. The van der Waals surface area contributed by atoms with Crippen molar-refractivity contribution in [1.82, 2.24) is 0 Å². The molecule has 0 heterocycles. The molecule has 0 aliphatic heterocycles. The fourth-order valence-corrected chi connectivity index (χ4v) is 2.75. The van der Waals surface area contributed by atoms with Crippen molar-refractivity contribution in [3.8, 4) is 0 Å². The van der Waals surface area contributed by atoms with Gasteiger partial charge in [0.1, 0.15) is 0 Å². The van der Waals surface area contributed by atoms with Gasteiger partial charge in [-0.1, -0.05) is 27.2 Å². The molecule has 0 N–H and O–H groups in total. The first-order valence-electron chi connectivity index (χ1n) is 4.48. The molecule has 0 amide bonds. The van der Waals surface area contributed by atoms with Crippen LogP contribution in [0.2, 0.25) is 0 Å². The van der Waals surface area contributed by atoms with E-state index >= 15 is 0 Å². The average Bonchev–Trinajstić information content (AvgIpc) is 2.05. The Labute approximate surface area is 80.3 Å². The molecule has 0 aliphatic rings. The highest BCUT2D eigenvalue weighted by Crippen LogP contribution is 2.42. The monoisotopic (exact) mass is 206 g/mol. The summed E-state index contributed by atoms with van der Waals surface area (Å²) in [6, 6.07) is 0. The van der Waals surface area contributed by atoms with Crippen LogP contribution in [-0.4, -0.2) is 25.1 Å². The molecule has 0 spiro atoms. The predicted molar refractivity (Wildman–Crippen MR) is 53.4 cm³/mol. The van der Waals surface area contributed by atoms with Crippen LogP contribution in [0.3, 0.4) is 0 Å². The lowest BCUT2D eigenvalue weighted by Crippen LogP contribution is -2.01. The molecule has 0 aromatic carbocycles. The minimum Gasteiger partial charge on any atom is -0.324 e. The molecule has 0 fully saturated rings. The van der Waals surface area contributed by atoms with Gasteiger partial charge in [0, 0.05) is 6.16 Å². The maximum atomic E-state index is 11.6. The third-order valence-corrected chi connectivity index (χ3v) is 4.80. The molecule has 0 saturated heterocycles. The second-order valence-electron chi connectivity index (χ2n) is 3.39. The molecule has 0 rings (SSSR count). The Hall–Kier alpha value is -0.390. The van der Waals surface area contributed by atoms with E-state index in [4.69, 9.17) is 9.59 Å². The van der Waals surface area contributed by atoms with Gasteiger partial charge >= 0.3 is 6.15 Å². The Kier molecular flexibility index (Phi) is 9.55. The number of carbonyl (C=O) groups excluding carboxylic acids is 2. The zero-order valence-corrected chi connectivity index (χ0v) is 9.77. The van der Waals surface area contributed by atoms with Crippen molar-refractivity contribution in [3.05, 3.63) is 0 Å². The van der Waals surface area contributed by atoms with E-state index in [1.165, 1.54) is 0 Å². The second kappa shape index (κ2) is 8.22. The molecular formula is C9H19O3P. The molecular weight excluding hydrogens is 187 g/mol. The Morgan fingerprint density at radius 1 is 1.31 bits per heavy atom. The van der Waals surface area contributed by atoms with E-state index in [9.17, 15) is 4.57 Å². The van der Waals surface area contributed by atoms with Gasteiger partial charge in [0.05, 0.1) is 7.14 Å². The van der Waals surface area contributed by atoms with Gasteiger partial charge in [0.2, 0.25) is 0 Å². The molecule has 78 valence electrons. The summed E-state index contributed by atoms with van der Waals surface area (Å²) >= 11 is 0. The van der Waals surface area contributed by atoms with E-state index in [1.54, 1.807) is 0 Å². The predicted octanol–water partition coefficient (Wildman–Crippen LogP) is 2.46. The minimum absolute atomic E-state index is 0.250. The SMILES string of the molecule is CCC(C)CP(C)(=O)CC.O=C=O. The molecule has 13 heavy (non-hydrogen) atoms. The van der Waals surface area contributed by atoms with E-state index in [0.29, 0.717) is 5.92 Å². The van der Waals surface area contributed by atoms with Crippen LogP contribution in [0.4, 0.5) is 0 Å². The Morgan fingerprint density at radius 3 is 1.92 bits per heavy atom. The Bertz CT molecular complexity index is 195. The fourth-order valence-electron chi connectivity index (χ4n) is 0.917. The van der Waals surface area contributed by atoms with Crippen molar-refractivity contribution >= 4 is 13.3 Å². The van der Waals surface area contributed by atoms with Crippen molar-refractivity contribution in [2.24, 2.45) is 5.92 Å². The van der Waals surface area contributed by atoms with Crippen molar-refractivity contribution in [2.75, 3.05) is 19.0 Å². The minimum atomic E-state index is -1.75. The summed E-state index contributed by atoms with van der Waals surface area (Å²) < 4.78 is 11.6. The summed E-state index contributed by atoms with van der Waals surface area (Å²) in [5, 5.41) is 0. The highest BCUT2D eigenvalue weighted by atomic mass is 31.2. The molecule has 2 unspecified atom stereocenters. The third-order valence-electron chi connectivity index (χ3n) is 2.06. The van der Waals surface area contributed by atoms with Crippen LogP contribution >= 0.6 is 7.14 Å².